The van der Waals surface area contributed by atoms with E-state index in [4.69, 9.17) is 23.2 Å². The van der Waals surface area contributed by atoms with Crippen LogP contribution in [0, 0.1) is 0 Å². The van der Waals surface area contributed by atoms with Crippen molar-refractivity contribution >= 4 is 34.5 Å². The summed E-state index contributed by atoms with van der Waals surface area (Å²) in [4.78, 5) is 0. The van der Waals surface area contributed by atoms with Gasteiger partial charge in [0.25, 0.3) is 0 Å². The van der Waals surface area contributed by atoms with E-state index in [2.05, 4.69) is 22.6 Å². The molecule has 1 unspecified atom stereocenters. The first-order chi connectivity index (χ1) is 8.67. The first-order valence-corrected chi connectivity index (χ1v) is 7.31. The Morgan fingerprint density at radius 2 is 2.22 bits per heavy atom. The maximum Gasteiger partial charge on any atom is 0.0996 e. The maximum atomic E-state index is 6.23. The van der Waals surface area contributed by atoms with Gasteiger partial charge in [-0.3, -0.25) is 0 Å². The van der Waals surface area contributed by atoms with E-state index in [1.165, 1.54) is 11.3 Å². The highest BCUT2D eigenvalue weighted by molar-refractivity contribution is 7.20. The summed E-state index contributed by atoms with van der Waals surface area (Å²) in [6, 6.07) is 1.87. The number of hydrogen-bond acceptors (Lipinski definition) is 4. The molecule has 1 atom stereocenters. The number of aryl methyl sites for hydroxylation is 1. The zero-order chi connectivity index (χ0) is 13.1. The van der Waals surface area contributed by atoms with Gasteiger partial charge in [0.2, 0.25) is 0 Å². The van der Waals surface area contributed by atoms with Crippen molar-refractivity contribution in [1.29, 1.82) is 0 Å². The minimum absolute atomic E-state index is 0.0267. The van der Waals surface area contributed by atoms with Gasteiger partial charge < -0.3 is 5.32 Å². The highest BCUT2D eigenvalue weighted by atomic mass is 35.5. The molecule has 0 saturated heterocycles. The van der Waals surface area contributed by atoms with Crippen LogP contribution in [-0.2, 0) is 6.54 Å². The molecule has 0 spiro atoms. The molecule has 2 rings (SSSR count). The van der Waals surface area contributed by atoms with Crippen molar-refractivity contribution in [2.24, 2.45) is 0 Å². The molecule has 0 aromatic carbocycles. The molecule has 18 heavy (non-hydrogen) atoms. The molecule has 4 nitrogen and oxygen atoms in total. The molecule has 0 aliphatic rings. The molecular formula is C11H14Cl2N4S. The fourth-order valence-electron chi connectivity index (χ4n) is 1.86. The molecule has 0 aliphatic carbocycles. The number of thiophene rings is 1. The van der Waals surface area contributed by atoms with E-state index in [0.29, 0.717) is 8.67 Å². The Morgan fingerprint density at radius 1 is 1.44 bits per heavy atom. The average Bonchev–Trinajstić information content (AvgIpc) is 2.92. The lowest BCUT2D eigenvalue weighted by atomic mass is 10.1. The van der Waals surface area contributed by atoms with Crippen molar-refractivity contribution in [2.45, 2.75) is 26.4 Å². The topological polar surface area (TPSA) is 42.7 Å². The molecule has 7 heteroatoms. The van der Waals surface area contributed by atoms with E-state index < -0.39 is 0 Å². The second-order valence-corrected chi connectivity index (χ2v) is 6.03. The van der Waals surface area contributed by atoms with E-state index in [9.17, 15) is 0 Å². The van der Waals surface area contributed by atoms with Crippen molar-refractivity contribution in [1.82, 2.24) is 20.3 Å². The molecule has 0 bridgehead atoms. The normalized spacial score (nSPS) is 12.9. The molecule has 0 amide bonds. The van der Waals surface area contributed by atoms with E-state index in [1.54, 1.807) is 6.20 Å². The van der Waals surface area contributed by atoms with E-state index >= 15 is 0 Å². The van der Waals surface area contributed by atoms with Crippen LogP contribution in [0.3, 0.4) is 0 Å². The largest absolute Gasteiger partial charge is 0.305 e. The molecule has 98 valence electrons. The summed E-state index contributed by atoms with van der Waals surface area (Å²) in [5.41, 5.74) is 1.97. The van der Waals surface area contributed by atoms with Gasteiger partial charge in [0.1, 0.15) is 0 Å². The van der Waals surface area contributed by atoms with Crippen LogP contribution in [0.1, 0.15) is 31.1 Å². The molecule has 0 fully saturated rings. The third kappa shape index (κ3) is 2.69. The predicted molar refractivity (Wildman–Crippen MR) is 75.6 cm³/mol. The van der Waals surface area contributed by atoms with Crippen LogP contribution < -0.4 is 5.32 Å². The van der Waals surface area contributed by atoms with Gasteiger partial charge in [-0.1, -0.05) is 35.3 Å². The molecule has 2 aromatic heterocycles. The average molecular weight is 305 g/mol. The van der Waals surface area contributed by atoms with E-state index in [-0.39, 0.29) is 6.04 Å². The lowest BCUT2D eigenvalue weighted by Gasteiger charge is -2.17. The Bertz CT molecular complexity index is 523. The van der Waals surface area contributed by atoms with Gasteiger partial charge in [-0.25, -0.2) is 4.68 Å². The van der Waals surface area contributed by atoms with Crippen molar-refractivity contribution in [3.05, 3.63) is 32.2 Å². The van der Waals surface area contributed by atoms with E-state index in [1.807, 2.05) is 17.7 Å². The Kier molecular flexibility index (Phi) is 4.61. The number of rotatable bonds is 5. The molecule has 2 aromatic rings. The Hall–Kier alpha value is -0.620. The monoisotopic (exact) mass is 304 g/mol. The number of aromatic nitrogens is 3. The van der Waals surface area contributed by atoms with Gasteiger partial charge in [0.05, 0.1) is 26.6 Å². The third-order valence-electron chi connectivity index (χ3n) is 2.65. The highest BCUT2D eigenvalue weighted by Crippen LogP contribution is 2.37. The van der Waals surface area contributed by atoms with Crippen LogP contribution >= 0.6 is 34.5 Å². The Morgan fingerprint density at radius 3 is 2.78 bits per heavy atom. The van der Waals surface area contributed by atoms with E-state index in [0.717, 1.165) is 24.3 Å². The van der Waals surface area contributed by atoms with Gasteiger partial charge in [-0.15, -0.1) is 16.4 Å². The zero-order valence-electron chi connectivity index (χ0n) is 10.2. The lowest BCUT2D eigenvalue weighted by molar-refractivity contribution is 0.535. The summed E-state index contributed by atoms with van der Waals surface area (Å²) in [7, 11) is 0. The fraction of sp³-hybridized carbons (Fsp3) is 0.455. The van der Waals surface area contributed by atoms with Crippen LogP contribution in [-0.4, -0.2) is 21.5 Å². The van der Waals surface area contributed by atoms with Gasteiger partial charge in [-0.05, 0) is 19.5 Å². The third-order valence-corrected chi connectivity index (χ3v) is 4.16. The number of hydrogen-bond donors (Lipinski definition) is 1. The van der Waals surface area contributed by atoms with Gasteiger partial charge >= 0.3 is 0 Å². The second-order valence-electron chi connectivity index (χ2n) is 3.74. The summed E-state index contributed by atoms with van der Waals surface area (Å²) in [6.45, 7) is 5.68. The smallest absolute Gasteiger partial charge is 0.0996 e. The Labute approximate surface area is 120 Å². The number of nitrogens with one attached hydrogen (secondary N) is 1. The summed E-state index contributed by atoms with van der Waals surface area (Å²) in [6.07, 6.45) is 1.76. The van der Waals surface area contributed by atoms with Gasteiger partial charge in [0.15, 0.2) is 0 Å². The van der Waals surface area contributed by atoms with Crippen molar-refractivity contribution in [3.8, 4) is 0 Å². The van der Waals surface area contributed by atoms with Crippen molar-refractivity contribution < 1.29 is 0 Å². The Balaban J connectivity index is 2.42. The number of halogens is 2. The standard InChI is InChI=1S/C11H14Cl2N4S/c1-3-14-10(7-5-9(12)18-11(7)13)8-6-15-16-17(8)4-2/h5-6,10,14H,3-4H2,1-2H3. The van der Waals surface area contributed by atoms with Crippen LogP contribution in [0.25, 0.3) is 0 Å². The van der Waals surface area contributed by atoms with Crippen LogP contribution in [0.15, 0.2) is 12.3 Å². The zero-order valence-corrected chi connectivity index (χ0v) is 12.5. The number of nitrogens with zero attached hydrogens (tertiary/aromatic N) is 3. The SMILES string of the molecule is CCNC(c1cc(Cl)sc1Cl)c1cnnn1CC. The highest BCUT2D eigenvalue weighted by Gasteiger charge is 2.22. The first kappa shape index (κ1) is 13.8. The molecular weight excluding hydrogens is 291 g/mol. The summed E-state index contributed by atoms with van der Waals surface area (Å²) in [5.74, 6) is 0. The predicted octanol–water partition coefficient (Wildman–Crippen LogP) is 3.37. The van der Waals surface area contributed by atoms with Crippen LogP contribution in [0.2, 0.25) is 8.67 Å². The quantitative estimate of drug-likeness (QED) is 0.921. The van der Waals surface area contributed by atoms with Gasteiger partial charge in [-0.2, -0.15) is 0 Å². The minimum Gasteiger partial charge on any atom is -0.305 e. The maximum absolute atomic E-state index is 6.23. The fourth-order valence-corrected chi connectivity index (χ4v) is 3.39. The second kappa shape index (κ2) is 6.02. The molecule has 1 N–H and O–H groups in total. The molecule has 0 aliphatic heterocycles. The van der Waals surface area contributed by atoms with Gasteiger partial charge in [0, 0.05) is 12.1 Å². The molecule has 0 saturated carbocycles. The van der Waals surface area contributed by atoms with Crippen LogP contribution in [0.4, 0.5) is 0 Å². The lowest BCUT2D eigenvalue weighted by Crippen LogP contribution is -2.24. The summed E-state index contributed by atoms with van der Waals surface area (Å²) < 4.78 is 3.25. The first-order valence-electron chi connectivity index (χ1n) is 5.73. The summed E-state index contributed by atoms with van der Waals surface area (Å²) in [5, 5.41) is 11.4. The molecule has 0 radical (unpaired) electrons. The van der Waals surface area contributed by atoms with Crippen molar-refractivity contribution in [3.63, 3.8) is 0 Å². The summed E-state index contributed by atoms with van der Waals surface area (Å²) >= 11 is 13.6. The molecule has 2 heterocycles. The minimum atomic E-state index is -0.0267. The van der Waals surface area contributed by atoms with Crippen molar-refractivity contribution in [2.75, 3.05) is 6.54 Å². The van der Waals surface area contributed by atoms with Crippen LogP contribution in [0.5, 0.6) is 0 Å².